The zero-order chi connectivity index (χ0) is 14.8. The van der Waals surface area contributed by atoms with Gasteiger partial charge in [0.25, 0.3) is 0 Å². The summed E-state index contributed by atoms with van der Waals surface area (Å²) in [5, 5.41) is 4.26. The van der Waals surface area contributed by atoms with E-state index >= 15 is 0 Å². The molecule has 0 N–H and O–H groups in total. The Balaban J connectivity index is 1.63. The van der Waals surface area contributed by atoms with Gasteiger partial charge in [-0.3, -0.25) is 9.58 Å². The molecule has 1 fully saturated rings. The largest absolute Gasteiger partial charge is 0.297 e. The molecule has 2 aromatic rings. The number of aryl methyl sites for hydroxylation is 1. The second-order valence-electron chi connectivity index (χ2n) is 5.99. The molecule has 0 saturated carbocycles. The Hall–Kier alpha value is -1.68. The average Bonchev–Trinajstić information content (AvgIpc) is 2.93. The highest BCUT2D eigenvalue weighted by Gasteiger charge is 2.25. The van der Waals surface area contributed by atoms with E-state index in [0.717, 1.165) is 31.5 Å². The Labute approximate surface area is 125 Å². The summed E-state index contributed by atoms with van der Waals surface area (Å²) < 4.78 is 15.2. The number of hydrogen-bond donors (Lipinski definition) is 0. The molecular weight excluding hydrogens is 265 g/mol. The van der Waals surface area contributed by atoms with Crippen LogP contribution in [0.2, 0.25) is 0 Å². The van der Waals surface area contributed by atoms with Crippen LogP contribution in [0.25, 0.3) is 0 Å². The van der Waals surface area contributed by atoms with Gasteiger partial charge in [-0.25, -0.2) is 4.39 Å². The van der Waals surface area contributed by atoms with Gasteiger partial charge in [0, 0.05) is 19.3 Å². The van der Waals surface area contributed by atoms with E-state index in [4.69, 9.17) is 0 Å². The van der Waals surface area contributed by atoms with Crippen LogP contribution < -0.4 is 0 Å². The van der Waals surface area contributed by atoms with Crippen molar-refractivity contribution in [1.29, 1.82) is 0 Å². The van der Waals surface area contributed by atoms with E-state index in [2.05, 4.69) is 23.1 Å². The minimum atomic E-state index is -0.149. The van der Waals surface area contributed by atoms with E-state index in [0.29, 0.717) is 5.92 Å². The predicted molar refractivity (Wildman–Crippen MR) is 81.6 cm³/mol. The van der Waals surface area contributed by atoms with Gasteiger partial charge < -0.3 is 0 Å². The lowest BCUT2D eigenvalue weighted by molar-refractivity contribution is 0.162. The molecule has 1 saturated heterocycles. The monoisotopic (exact) mass is 287 g/mol. The third-order valence-corrected chi connectivity index (χ3v) is 4.60. The Bertz CT molecular complexity index is 600. The molecule has 4 heteroatoms. The fraction of sp³-hybridized carbons (Fsp3) is 0.471. The van der Waals surface area contributed by atoms with Crippen molar-refractivity contribution in [3.63, 3.8) is 0 Å². The first-order chi connectivity index (χ1) is 10.1. The first-order valence-electron chi connectivity index (χ1n) is 7.61. The van der Waals surface area contributed by atoms with Crippen LogP contribution in [-0.2, 0) is 7.05 Å². The first kappa shape index (κ1) is 14.3. The van der Waals surface area contributed by atoms with Gasteiger partial charge in [0.05, 0.1) is 6.20 Å². The number of aromatic nitrogens is 2. The van der Waals surface area contributed by atoms with Crippen LogP contribution in [0.3, 0.4) is 0 Å². The number of rotatable bonds is 3. The zero-order valence-corrected chi connectivity index (χ0v) is 12.7. The molecule has 2 heterocycles. The number of hydrogen-bond acceptors (Lipinski definition) is 2. The maximum Gasteiger partial charge on any atom is 0.123 e. The van der Waals surface area contributed by atoms with Crippen LogP contribution >= 0.6 is 0 Å². The standard InChI is InChI=1S/C17H22FN3/c1-13(15-4-3-5-17(18)10-15)21-8-6-14(7-9-21)16-11-19-20(2)12-16/h3-5,10-14H,6-9H2,1-2H3/t13-/m1/s1. The molecule has 1 aliphatic heterocycles. The molecular formula is C17H22FN3. The van der Waals surface area contributed by atoms with Crippen molar-refractivity contribution >= 4 is 0 Å². The van der Waals surface area contributed by atoms with Crippen molar-refractivity contribution in [1.82, 2.24) is 14.7 Å². The molecule has 0 bridgehead atoms. The summed E-state index contributed by atoms with van der Waals surface area (Å²) in [6.07, 6.45) is 6.39. The summed E-state index contributed by atoms with van der Waals surface area (Å²) in [6, 6.07) is 7.24. The van der Waals surface area contributed by atoms with Crippen LogP contribution in [0, 0.1) is 5.82 Å². The Morgan fingerprint density at radius 1 is 1.29 bits per heavy atom. The minimum absolute atomic E-state index is 0.149. The smallest absolute Gasteiger partial charge is 0.123 e. The molecule has 112 valence electrons. The molecule has 1 aromatic heterocycles. The summed E-state index contributed by atoms with van der Waals surface area (Å²) in [6.45, 7) is 4.27. The van der Waals surface area contributed by atoms with Crippen molar-refractivity contribution in [3.05, 3.63) is 53.6 Å². The van der Waals surface area contributed by atoms with Crippen molar-refractivity contribution < 1.29 is 4.39 Å². The van der Waals surface area contributed by atoms with Crippen LogP contribution in [0.1, 0.15) is 42.9 Å². The van der Waals surface area contributed by atoms with Crippen LogP contribution in [-0.4, -0.2) is 27.8 Å². The van der Waals surface area contributed by atoms with E-state index in [1.54, 1.807) is 12.1 Å². The molecule has 1 aliphatic rings. The lowest BCUT2D eigenvalue weighted by Crippen LogP contribution is -2.35. The first-order valence-corrected chi connectivity index (χ1v) is 7.61. The fourth-order valence-corrected chi connectivity index (χ4v) is 3.25. The summed E-state index contributed by atoms with van der Waals surface area (Å²) in [7, 11) is 1.96. The van der Waals surface area contributed by atoms with Gasteiger partial charge in [0.2, 0.25) is 0 Å². The summed E-state index contributed by atoms with van der Waals surface area (Å²) in [5.74, 6) is 0.458. The fourth-order valence-electron chi connectivity index (χ4n) is 3.25. The molecule has 0 spiro atoms. The van der Waals surface area contributed by atoms with Gasteiger partial charge in [0.1, 0.15) is 5.82 Å². The number of nitrogens with zero attached hydrogens (tertiary/aromatic N) is 3. The van der Waals surface area contributed by atoms with E-state index in [1.807, 2.05) is 24.0 Å². The second kappa shape index (κ2) is 5.98. The molecule has 0 amide bonds. The number of piperidine rings is 1. The molecule has 1 atom stereocenters. The molecule has 0 radical (unpaired) electrons. The highest BCUT2D eigenvalue weighted by Crippen LogP contribution is 2.31. The van der Waals surface area contributed by atoms with Crippen LogP contribution in [0.15, 0.2) is 36.7 Å². The predicted octanol–water partition coefficient (Wildman–Crippen LogP) is 3.50. The van der Waals surface area contributed by atoms with Crippen molar-refractivity contribution in [2.45, 2.75) is 31.7 Å². The molecule has 0 aliphatic carbocycles. The third kappa shape index (κ3) is 3.16. The highest BCUT2D eigenvalue weighted by atomic mass is 19.1. The molecule has 0 unspecified atom stereocenters. The number of likely N-dealkylation sites (tertiary alicyclic amines) is 1. The third-order valence-electron chi connectivity index (χ3n) is 4.60. The van der Waals surface area contributed by atoms with E-state index in [1.165, 1.54) is 11.6 Å². The Morgan fingerprint density at radius 2 is 2.05 bits per heavy atom. The average molecular weight is 287 g/mol. The van der Waals surface area contributed by atoms with Gasteiger partial charge in [-0.2, -0.15) is 5.10 Å². The second-order valence-corrected chi connectivity index (χ2v) is 5.99. The molecule has 21 heavy (non-hydrogen) atoms. The highest BCUT2D eigenvalue weighted by molar-refractivity contribution is 5.20. The summed E-state index contributed by atoms with van der Waals surface area (Å²) in [5.41, 5.74) is 2.41. The van der Waals surface area contributed by atoms with Gasteiger partial charge in [-0.15, -0.1) is 0 Å². The Kier molecular flexibility index (Phi) is 4.06. The molecule has 3 nitrogen and oxygen atoms in total. The van der Waals surface area contributed by atoms with Crippen LogP contribution in [0.4, 0.5) is 4.39 Å². The van der Waals surface area contributed by atoms with Crippen molar-refractivity contribution in [3.8, 4) is 0 Å². The van der Waals surface area contributed by atoms with Gasteiger partial charge in [-0.1, -0.05) is 12.1 Å². The molecule has 1 aromatic carbocycles. The lowest BCUT2D eigenvalue weighted by atomic mass is 9.90. The zero-order valence-electron chi connectivity index (χ0n) is 12.7. The van der Waals surface area contributed by atoms with Gasteiger partial charge >= 0.3 is 0 Å². The number of halogens is 1. The quantitative estimate of drug-likeness (QED) is 0.861. The van der Waals surface area contributed by atoms with Crippen molar-refractivity contribution in [2.75, 3.05) is 13.1 Å². The van der Waals surface area contributed by atoms with E-state index < -0.39 is 0 Å². The molecule has 3 rings (SSSR count). The SMILES string of the molecule is C[C@H](c1cccc(F)c1)N1CCC(c2cnn(C)c2)CC1. The summed E-state index contributed by atoms with van der Waals surface area (Å²) >= 11 is 0. The van der Waals surface area contributed by atoms with E-state index in [9.17, 15) is 4.39 Å². The summed E-state index contributed by atoms with van der Waals surface area (Å²) in [4.78, 5) is 2.45. The van der Waals surface area contributed by atoms with Crippen LogP contribution in [0.5, 0.6) is 0 Å². The number of benzene rings is 1. The Morgan fingerprint density at radius 3 is 2.67 bits per heavy atom. The lowest BCUT2D eigenvalue weighted by Gasteiger charge is -2.36. The maximum atomic E-state index is 13.4. The van der Waals surface area contributed by atoms with E-state index in [-0.39, 0.29) is 11.9 Å². The van der Waals surface area contributed by atoms with Gasteiger partial charge in [-0.05, 0) is 62.0 Å². The maximum absolute atomic E-state index is 13.4. The topological polar surface area (TPSA) is 21.1 Å². The van der Waals surface area contributed by atoms with Crippen molar-refractivity contribution in [2.24, 2.45) is 7.05 Å². The van der Waals surface area contributed by atoms with Gasteiger partial charge in [0.15, 0.2) is 0 Å². The normalized spacial score (nSPS) is 18.8. The minimum Gasteiger partial charge on any atom is -0.297 e.